The number of rotatable bonds is 7. The van der Waals surface area contributed by atoms with Gasteiger partial charge in [-0.25, -0.2) is 0 Å². The number of methoxy groups -OCH3 is 1. The Balaban J connectivity index is 1.18. The second-order valence-electron chi connectivity index (χ2n) is 9.44. The van der Waals surface area contributed by atoms with Gasteiger partial charge in [-0.1, -0.05) is 12.5 Å². The molecule has 0 spiro atoms. The number of benzene rings is 2. The monoisotopic (exact) mass is 477 g/mol. The summed E-state index contributed by atoms with van der Waals surface area (Å²) in [7, 11) is 1.66. The number of nitrogens with zero attached hydrogens (tertiary/aromatic N) is 2. The number of aliphatic hydroxyl groups is 1. The van der Waals surface area contributed by atoms with Gasteiger partial charge in [0.1, 0.15) is 19.0 Å². The van der Waals surface area contributed by atoms with Crippen LogP contribution < -0.4 is 19.5 Å². The van der Waals surface area contributed by atoms with Crippen LogP contribution in [0.15, 0.2) is 48.7 Å². The average molecular weight is 478 g/mol. The first kappa shape index (κ1) is 23.9. The van der Waals surface area contributed by atoms with E-state index in [2.05, 4.69) is 27.3 Å². The average Bonchev–Trinajstić information content (AvgIpc) is 2.89. The van der Waals surface area contributed by atoms with E-state index in [9.17, 15) is 5.11 Å². The molecule has 7 heteroatoms. The highest BCUT2D eigenvalue weighted by Crippen LogP contribution is 2.31. The zero-order valence-electron chi connectivity index (χ0n) is 20.4. The number of hydrogen-bond donors (Lipinski definition) is 2. The lowest BCUT2D eigenvalue weighted by atomic mass is 10.0. The van der Waals surface area contributed by atoms with E-state index in [0.717, 1.165) is 66.2 Å². The van der Waals surface area contributed by atoms with Gasteiger partial charge >= 0.3 is 0 Å². The highest BCUT2D eigenvalue weighted by molar-refractivity contribution is 5.83. The summed E-state index contributed by atoms with van der Waals surface area (Å²) >= 11 is 0. The first-order valence-corrected chi connectivity index (χ1v) is 12.6. The third-order valence-electron chi connectivity index (χ3n) is 7.04. The molecular formula is C28H35N3O4. The summed E-state index contributed by atoms with van der Waals surface area (Å²) in [5, 5.41) is 15.9. The van der Waals surface area contributed by atoms with Gasteiger partial charge in [0.2, 0.25) is 0 Å². The van der Waals surface area contributed by atoms with Crippen LogP contribution >= 0.6 is 0 Å². The van der Waals surface area contributed by atoms with Crippen LogP contribution in [0.1, 0.15) is 42.9 Å². The van der Waals surface area contributed by atoms with E-state index in [-0.39, 0.29) is 0 Å². The molecule has 3 aromatic rings. The molecular weight excluding hydrogens is 442 g/mol. The highest BCUT2D eigenvalue weighted by atomic mass is 16.6. The van der Waals surface area contributed by atoms with Crippen molar-refractivity contribution in [3.05, 3.63) is 59.8 Å². The summed E-state index contributed by atoms with van der Waals surface area (Å²) in [4.78, 5) is 6.85. The quantitative estimate of drug-likeness (QED) is 0.531. The number of likely N-dealkylation sites (tertiary alicyclic amines) is 1. The highest BCUT2D eigenvalue weighted by Gasteiger charge is 2.20. The van der Waals surface area contributed by atoms with Crippen LogP contribution in [0.2, 0.25) is 0 Å². The minimum absolute atomic E-state index is 0.453. The van der Waals surface area contributed by atoms with Gasteiger partial charge in [-0.2, -0.15) is 0 Å². The first-order chi connectivity index (χ1) is 17.2. The summed E-state index contributed by atoms with van der Waals surface area (Å²) in [6.45, 7) is 4.63. The summed E-state index contributed by atoms with van der Waals surface area (Å²) in [5.74, 6) is 2.45. The summed E-state index contributed by atoms with van der Waals surface area (Å²) in [6.07, 6.45) is 5.76. The largest absolute Gasteiger partial charge is 0.497 e. The molecule has 2 N–H and O–H groups in total. The minimum atomic E-state index is -0.573. The van der Waals surface area contributed by atoms with Crippen LogP contribution in [0.5, 0.6) is 17.2 Å². The van der Waals surface area contributed by atoms with E-state index < -0.39 is 6.10 Å². The summed E-state index contributed by atoms with van der Waals surface area (Å²) in [6, 6.07) is 14.4. The fourth-order valence-corrected chi connectivity index (χ4v) is 5.07. The van der Waals surface area contributed by atoms with Gasteiger partial charge in [-0.3, -0.25) is 4.98 Å². The Kier molecular flexibility index (Phi) is 7.66. The van der Waals surface area contributed by atoms with E-state index in [1.54, 1.807) is 13.3 Å². The van der Waals surface area contributed by atoms with Crippen LogP contribution in [0, 0.1) is 0 Å². The predicted octanol–water partition coefficient (Wildman–Crippen LogP) is 4.08. The maximum absolute atomic E-state index is 11.2. The van der Waals surface area contributed by atoms with Gasteiger partial charge in [0.15, 0.2) is 11.5 Å². The lowest BCUT2D eigenvalue weighted by molar-refractivity contribution is 0.105. The van der Waals surface area contributed by atoms with Crippen molar-refractivity contribution in [1.29, 1.82) is 0 Å². The summed E-state index contributed by atoms with van der Waals surface area (Å²) < 4.78 is 16.7. The molecule has 0 amide bonds. The van der Waals surface area contributed by atoms with Crippen LogP contribution in [-0.2, 0) is 6.54 Å². The number of ether oxygens (including phenoxy) is 3. The molecule has 35 heavy (non-hydrogen) atoms. The Hall–Kier alpha value is -2.87. The van der Waals surface area contributed by atoms with Gasteiger partial charge in [0, 0.05) is 30.7 Å². The molecule has 0 aliphatic carbocycles. The van der Waals surface area contributed by atoms with Crippen LogP contribution in [0.4, 0.5) is 0 Å². The number of pyridine rings is 1. The van der Waals surface area contributed by atoms with Crippen molar-refractivity contribution in [2.45, 2.75) is 44.4 Å². The zero-order valence-corrected chi connectivity index (χ0v) is 20.4. The van der Waals surface area contributed by atoms with Crippen molar-refractivity contribution in [3.63, 3.8) is 0 Å². The van der Waals surface area contributed by atoms with Crippen molar-refractivity contribution >= 4 is 10.9 Å². The second-order valence-corrected chi connectivity index (χ2v) is 9.44. The Morgan fingerprint density at radius 1 is 1.06 bits per heavy atom. The van der Waals surface area contributed by atoms with Crippen LogP contribution in [-0.4, -0.2) is 61.0 Å². The predicted molar refractivity (Wildman–Crippen MR) is 136 cm³/mol. The van der Waals surface area contributed by atoms with Gasteiger partial charge in [-0.05, 0) is 79.9 Å². The molecule has 2 atom stereocenters. The normalized spacial score (nSPS) is 19.7. The Morgan fingerprint density at radius 3 is 2.83 bits per heavy atom. The van der Waals surface area contributed by atoms with Gasteiger partial charge < -0.3 is 29.5 Å². The molecule has 2 aliphatic heterocycles. The van der Waals surface area contributed by atoms with Crippen molar-refractivity contribution in [3.8, 4) is 17.2 Å². The fraction of sp³-hybridized carbons (Fsp3) is 0.464. The van der Waals surface area contributed by atoms with Crippen molar-refractivity contribution < 1.29 is 19.3 Å². The van der Waals surface area contributed by atoms with Crippen molar-refractivity contribution in [2.75, 3.05) is 40.0 Å². The topological polar surface area (TPSA) is 76.1 Å². The van der Waals surface area contributed by atoms with E-state index in [1.165, 1.54) is 18.4 Å². The van der Waals surface area contributed by atoms with Crippen LogP contribution in [0.3, 0.4) is 0 Å². The molecule has 1 fully saturated rings. The van der Waals surface area contributed by atoms with Crippen LogP contribution in [0.25, 0.3) is 10.9 Å². The number of nitrogens with one attached hydrogen (secondary N) is 1. The Bertz CT molecular complexity index is 1140. The Morgan fingerprint density at radius 2 is 1.94 bits per heavy atom. The molecule has 2 aliphatic rings. The van der Waals surface area contributed by atoms with Gasteiger partial charge in [0.25, 0.3) is 0 Å². The first-order valence-electron chi connectivity index (χ1n) is 12.6. The Labute approximate surface area is 207 Å². The number of β-amino-alcohol motifs (C(OH)–C–C–N with tert-alkyl or cyclic N) is 1. The number of hydrogen-bond acceptors (Lipinski definition) is 7. The molecule has 1 aromatic heterocycles. The third kappa shape index (κ3) is 5.86. The SMILES string of the molecule is COc1ccc2nccc(C(O)CN3CCCCC(NCc4ccc5c(c4)OCCO5)CC3)c2c1. The number of aromatic nitrogens is 1. The smallest absolute Gasteiger partial charge is 0.161 e. The number of aliphatic hydroxyl groups excluding tert-OH is 1. The van der Waals surface area contributed by atoms with E-state index in [4.69, 9.17) is 14.2 Å². The van der Waals surface area contributed by atoms with Gasteiger partial charge in [-0.15, -0.1) is 0 Å². The molecule has 2 aromatic carbocycles. The van der Waals surface area contributed by atoms with E-state index in [1.807, 2.05) is 30.3 Å². The third-order valence-corrected chi connectivity index (χ3v) is 7.04. The van der Waals surface area contributed by atoms with Gasteiger partial charge in [0.05, 0.1) is 18.7 Å². The standard InChI is InChI=1S/C28H35N3O4/c1-33-22-6-7-25-24(17-22)23(9-11-29-25)26(32)19-31-12-3-2-4-21(10-13-31)30-18-20-5-8-27-28(16-20)35-15-14-34-27/h5-9,11,16-17,21,26,30,32H,2-4,10,12-15,18-19H2,1H3. The molecule has 3 heterocycles. The molecule has 1 saturated heterocycles. The van der Waals surface area contributed by atoms with E-state index in [0.29, 0.717) is 25.8 Å². The van der Waals surface area contributed by atoms with E-state index >= 15 is 0 Å². The van der Waals surface area contributed by atoms with Crippen molar-refractivity contribution in [1.82, 2.24) is 15.2 Å². The maximum Gasteiger partial charge on any atom is 0.161 e. The van der Waals surface area contributed by atoms with Crippen molar-refractivity contribution in [2.24, 2.45) is 0 Å². The molecule has 0 radical (unpaired) electrons. The molecule has 5 rings (SSSR count). The maximum atomic E-state index is 11.2. The minimum Gasteiger partial charge on any atom is -0.497 e. The molecule has 0 saturated carbocycles. The lowest BCUT2D eigenvalue weighted by Gasteiger charge is -2.30. The second kappa shape index (κ2) is 11.2. The molecule has 2 unspecified atom stereocenters. The zero-order chi connectivity index (χ0) is 24.0. The molecule has 186 valence electrons. The summed E-state index contributed by atoms with van der Waals surface area (Å²) in [5.41, 5.74) is 2.99. The molecule has 0 bridgehead atoms. The lowest BCUT2D eigenvalue weighted by Crippen LogP contribution is -2.38. The fourth-order valence-electron chi connectivity index (χ4n) is 5.07. The number of fused-ring (bicyclic) bond motifs is 2. The molecule has 7 nitrogen and oxygen atoms in total.